The molecule has 1 fully saturated rings. The van der Waals surface area contributed by atoms with E-state index in [0.29, 0.717) is 24.6 Å². The van der Waals surface area contributed by atoms with Gasteiger partial charge in [-0.3, -0.25) is 4.99 Å². The normalized spacial score (nSPS) is 18.7. The van der Waals surface area contributed by atoms with Crippen molar-refractivity contribution in [3.63, 3.8) is 0 Å². The molecule has 0 aliphatic heterocycles. The van der Waals surface area contributed by atoms with Crippen molar-refractivity contribution >= 4 is 29.9 Å². The van der Waals surface area contributed by atoms with Gasteiger partial charge in [-0.2, -0.15) is 0 Å². The quantitative estimate of drug-likeness (QED) is 0.193. The third-order valence-electron chi connectivity index (χ3n) is 4.64. The number of hydrogen-bond acceptors (Lipinski definition) is 4. The van der Waals surface area contributed by atoms with Gasteiger partial charge in [-0.25, -0.2) is 0 Å². The van der Waals surface area contributed by atoms with Gasteiger partial charge in [0.25, 0.3) is 0 Å². The Balaban J connectivity index is 0.00000450. The standard InChI is InChI=1S/C20H31F3N4O2.HI/c1-4-24-19(25-10-12-27(2)11-7-13-28-3)26-17-14-16(17)15-8-5-6-9-18(15)29-20(21,22)23;/h5-6,8-9,16-17H,4,7,10-14H2,1-3H3,(H2,24,25,26);1H. The average Bonchev–Trinajstić information content (AvgIpc) is 3.40. The molecule has 0 heterocycles. The number of halogens is 4. The van der Waals surface area contributed by atoms with Crippen LogP contribution in [-0.4, -0.2) is 70.2 Å². The fraction of sp³-hybridized carbons (Fsp3) is 0.650. The van der Waals surface area contributed by atoms with Gasteiger partial charge in [0.05, 0.1) is 6.54 Å². The molecule has 6 nitrogen and oxygen atoms in total. The van der Waals surface area contributed by atoms with Gasteiger partial charge in [-0.15, -0.1) is 37.1 Å². The molecule has 1 aromatic carbocycles. The maximum atomic E-state index is 12.6. The largest absolute Gasteiger partial charge is 0.573 e. The molecule has 1 saturated carbocycles. The van der Waals surface area contributed by atoms with Crippen LogP contribution in [0.4, 0.5) is 13.2 Å². The van der Waals surface area contributed by atoms with Crippen LogP contribution in [0.3, 0.4) is 0 Å². The van der Waals surface area contributed by atoms with Crippen molar-refractivity contribution < 1.29 is 22.6 Å². The summed E-state index contributed by atoms with van der Waals surface area (Å²) < 4.78 is 47.1. The minimum atomic E-state index is -4.69. The maximum Gasteiger partial charge on any atom is 0.573 e. The molecule has 0 bridgehead atoms. The van der Waals surface area contributed by atoms with Gasteiger partial charge in [0.1, 0.15) is 5.75 Å². The number of rotatable bonds is 11. The SMILES string of the molecule is CCNC(=NCCN(C)CCCOC)NC1CC1c1ccccc1OC(F)(F)F.I. The zero-order valence-corrected chi connectivity index (χ0v) is 20.0. The number of guanidine groups is 1. The number of para-hydroxylation sites is 1. The highest BCUT2D eigenvalue weighted by molar-refractivity contribution is 14.0. The predicted molar refractivity (Wildman–Crippen MR) is 123 cm³/mol. The Morgan fingerprint density at radius 2 is 2.00 bits per heavy atom. The smallest absolute Gasteiger partial charge is 0.405 e. The van der Waals surface area contributed by atoms with Crippen molar-refractivity contribution in [2.24, 2.45) is 4.99 Å². The summed E-state index contributed by atoms with van der Waals surface area (Å²) in [6, 6.07) is 6.35. The number of methoxy groups -OCH3 is 1. The molecule has 0 aromatic heterocycles. The lowest BCUT2D eigenvalue weighted by Crippen LogP contribution is -2.39. The lowest BCUT2D eigenvalue weighted by atomic mass is 10.1. The molecule has 30 heavy (non-hydrogen) atoms. The zero-order chi connectivity index (χ0) is 21.3. The average molecular weight is 544 g/mol. The molecule has 2 rings (SSSR count). The number of nitrogens with one attached hydrogen (secondary N) is 2. The summed E-state index contributed by atoms with van der Waals surface area (Å²) in [5.41, 5.74) is 0.566. The molecule has 1 aliphatic rings. The van der Waals surface area contributed by atoms with Crippen LogP contribution < -0.4 is 15.4 Å². The summed E-state index contributed by atoms with van der Waals surface area (Å²) in [5.74, 6) is 0.516. The summed E-state index contributed by atoms with van der Waals surface area (Å²) in [6.45, 7) is 5.81. The number of aliphatic imine (C=N–C) groups is 1. The summed E-state index contributed by atoms with van der Waals surface area (Å²) >= 11 is 0. The Morgan fingerprint density at radius 1 is 1.27 bits per heavy atom. The first-order valence-corrected chi connectivity index (χ1v) is 9.91. The molecule has 0 radical (unpaired) electrons. The summed E-state index contributed by atoms with van der Waals surface area (Å²) in [4.78, 5) is 6.77. The van der Waals surface area contributed by atoms with E-state index in [1.165, 1.54) is 6.07 Å². The lowest BCUT2D eigenvalue weighted by molar-refractivity contribution is -0.274. The van der Waals surface area contributed by atoms with E-state index < -0.39 is 6.36 Å². The number of nitrogens with zero attached hydrogens (tertiary/aromatic N) is 2. The van der Waals surface area contributed by atoms with Gasteiger partial charge in [-0.05, 0) is 38.4 Å². The number of benzene rings is 1. The van der Waals surface area contributed by atoms with Crippen molar-refractivity contribution in [1.29, 1.82) is 0 Å². The zero-order valence-electron chi connectivity index (χ0n) is 17.7. The molecule has 2 N–H and O–H groups in total. The van der Waals surface area contributed by atoms with Crippen molar-refractivity contribution in [3.05, 3.63) is 29.8 Å². The monoisotopic (exact) mass is 544 g/mol. The number of hydrogen-bond donors (Lipinski definition) is 2. The Labute approximate surface area is 193 Å². The van der Waals surface area contributed by atoms with E-state index in [1.54, 1.807) is 25.3 Å². The lowest BCUT2D eigenvalue weighted by Gasteiger charge is -2.16. The molecule has 1 aromatic rings. The van der Waals surface area contributed by atoms with Crippen LogP contribution in [-0.2, 0) is 4.74 Å². The fourth-order valence-corrected chi connectivity index (χ4v) is 3.12. The van der Waals surface area contributed by atoms with Crippen LogP contribution >= 0.6 is 24.0 Å². The second-order valence-corrected chi connectivity index (χ2v) is 7.09. The van der Waals surface area contributed by atoms with E-state index >= 15 is 0 Å². The van der Waals surface area contributed by atoms with Crippen molar-refractivity contribution in [2.75, 3.05) is 46.9 Å². The van der Waals surface area contributed by atoms with E-state index in [1.807, 2.05) is 14.0 Å². The fourth-order valence-electron chi connectivity index (χ4n) is 3.12. The molecule has 10 heteroatoms. The Kier molecular flexibility index (Phi) is 11.8. The molecule has 172 valence electrons. The number of alkyl halides is 3. The molecule has 2 unspecified atom stereocenters. The van der Waals surface area contributed by atoms with Crippen LogP contribution in [0.1, 0.15) is 31.2 Å². The summed E-state index contributed by atoms with van der Waals surface area (Å²) in [6.07, 6.45) is -2.99. The molecule has 2 atom stereocenters. The minimum absolute atomic E-state index is 0. The number of ether oxygens (including phenoxy) is 2. The van der Waals surface area contributed by atoms with Crippen molar-refractivity contribution in [3.8, 4) is 5.75 Å². The predicted octanol–water partition coefficient (Wildman–Crippen LogP) is 3.58. The Morgan fingerprint density at radius 3 is 2.67 bits per heavy atom. The molecule has 0 amide bonds. The highest BCUT2D eigenvalue weighted by Gasteiger charge is 2.42. The first-order valence-electron chi connectivity index (χ1n) is 9.91. The minimum Gasteiger partial charge on any atom is -0.405 e. The third-order valence-corrected chi connectivity index (χ3v) is 4.64. The summed E-state index contributed by atoms with van der Waals surface area (Å²) in [5, 5.41) is 6.51. The molecule has 1 aliphatic carbocycles. The Hall–Kier alpha value is -1.27. The first-order chi connectivity index (χ1) is 13.8. The van der Waals surface area contributed by atoms with Crippen molar-refractivity contribution in [2.45, 2.75) is 38.1 Å². The van der Waals surface area contributed by atoms with E-state index in [4.69, 9.17) is 4.74 Å². The maximum absolute atomic E-state index is 12.6. The van der Waals surface area contributed by atoms with Crippen LogP contribution in [0.2, 0.25) is 0 Å². The molecular weight excluding hydrogens is 512 g/mol. The second kappa shape index (κ2) is 13.2. The van der Waals surface area contributed by atoms with Gasteiger partial charge in [-0.1, -0.05) is 18.2 Å². The molecule has 0 spiro atoms. The third kappa shape index (κ3) is 9.69. The van der Waals surface area contributed by atoms with E-state index in [0.717, 1.165) is 32.5 Å². The highest BCUT2D eigenvalue weighted by Crippen LogP contribution is 2.45. The van der Waals surface area contributed by atoms with Crippen LogP contribution in [0.5, 0.6) is 5.75 Å². The Bertz CT molecular complexity index is 661. The van der Waals surface area contributed by atoms with Gasteiger partial charge < -0.3 is 25.0 Å². The molecule has 0 saturated heterocycles. The van der Waals surface area contributed by atoms with Gasteiger partial charge in [0.15, 0.2) is 5.96 Å². The molecular formula is C20H32F3IN4O2. The van der Waals surface area contributed by atoms with Crippen LogP contribution in [0, 0.1) is 0 Å². The van der Waals surface area contributed by atoms with E-state index in [-0.39, 0.29) is 41.7 Å². The van der Waals surface area contributed by atoms with Crippen molar-refractivity contribution in [1.82, 2.24) is 15.5 Å². The number of likely N-dealkylation sites (N-methyl/N-ethyl adjacent to an activating group) is 1. The highest BCUT2D eigenvalue weighted by atomic mass is 127. The van der Waals surface area contributed by atoms with Gasteiger partial charge in [0.2, 0.25) is 0 Å². The van der Waals surface area contributed by atoms with E-state index in [9.17, 15) is 13.2 Å². The van der Waals surface area contributed by atoms with Crippen LogP contribution in [0.15, 0.2) is 29.3 Å². The topological polar surface area (TPSA) is 58.1 Å². The van der Waals surface area contributed by atoms with Gasteiger partial charge >= 0.3 is 6.36 Å². The van der Waals surface area contributed by atoms with Crippen LogP contribution in [0.25, 0.3) is 0 Å². The first kappa shape index (κ1) is 26.8. The van der Waals surface area contributed by atoms with Gasteiger partial charge in [0, 0.05) is 45.3 Å². The second-order valence-electron chi connectivity index (χ2n) is 7.09. The van der Waals surface area contributed by atoms with E-state index in [2.05, 4.69) is 25.3 Å². The summed E-state index contributed by atoms with van der Waals surface area (Å²) in [7, 11) is 3.73.